The molecule has 2 heterocycles. The van der Waals surface area contributed by atoms with Crippen LogP contribution in [0.1, 0.15) is 17.9 Å². The number of rotatable bonds is 6. The lowest BCUT2D eigenvalue weighted by Gasteiger charge is -2.18. The van der Waals surface area contributed by atoms with E-state index in [1.807, 2.05) is 42.5 Å². The minimum atomic E-state index is -0.0860. The van der Waals surface area contributed by atoms with Crippen LogP contribution in [0.2, 0.25) is 0 Å². The standard InChI is InChI=1S/C20H18BrN3O4/c21-15-3-1-2-14(11-15)20-23-19(28-24-20)12-22-18(25)7-5-13-4-6-16-17(10-13)27-9-8-26-16/h1-4,6,10-11H,5,7-9,12H2,(H,22,25). The van der Waals surface area contributed by atoms with E-state index in [-0.39, 0.29) is 12.5 Å². The third kappa shape index (κ3) is 4.51. The molecule has 0 saturated heterocycles. The van der Waals surface area contributed by atoms with E-state index in [4.69, 9.17) is 14.0 Å². The van der Waals surface area contributed by atoms with E-state index in [0.717, 1.165) is 27.1 Å². The zero-order chi connectivity index (χ0) is 19.3. The van der Waals surface area contributed by atoms with Crippen molar-refractivity contribution in [2.75, 3.05) is 13.2 Å². The van der Waals surface area contributed by atoms with Crippen molar-refractivity contribution in [2.24, 2.45) is 0 Å². The van der Waals surface area contributed by atoms with E-state index >= 15 is 0 Å². The number of fused-ring (bicyclic) bond motifs is 1. The third-order valence-electron chi connectivity index (χ3n) is 4.24. The summed E-state index contributed by atoms with van der Waals surface area (Å²) >= 11 is 3.41. The van der Waals surface area contributed by atoms with Crippen molar-refractivity contribution in [3.8, 4) is 22.9 Å². The molecule has 0 saturated carbocycles. The number of hydrogen-bond donors (Lipinski definition) is 1. The first-order valence-electron chi connectivity index (χ1n) is 8.91. The number of ether oxygens (including phenoxy) is 2. The number of amides is 1. The van der Waals surface area contributed by atoms with Gasteiger partial charge in [-0.15, -0.1) is 0 Å². The van der Waals surface area contributed by atoms with Gasteiger partial charge in [0.05, 0.1) is 6.54 Å². The van der Waals surface area contributed by atoms with Crippen LogP contribution >= 0.6 is 15.9 Å². The Bertz CT molecular complexity index is 989. The number of halogens is 1. The van der Waals surface area contributed by atoms with E-state index in [1.54, 1.807) is 0 Å². The Hall–Kier alpha value is -2.87. The van der Waals surface area contributed by atoms with E-state index in [9.17, 15) is 4.79 Å². The van der Waals surface area contributed by atoms with Crippen molar-refractivity contribution >= 4 is 21.8 Å². The molecule has 4 rings (SSSR count). The highest BCUT2D eigenvalue weighted by Gasteiger charge is 2.13. The van der Waals surface area contributed by atoms with Gasteiger partial charge in [0.25, 0.3) is 0 Å². The van der Waals surface area contributed by atoms with Crippen LogP contribution in [-0.4, -0.2) is 29.3 Å². The maximum atomic E-state index is 12.1. The summed E-state index contributed by atoms with van der Waals surface area (Å²) in [5.74, 6) is 2.24. The van der Waals surface area contributed by atoms with Crippen LogP contribution < -0.4 is 14.8 Å². The van der Waals surface area contributed by atoms with Crippen molar-refractivity contribution in [1.82, 2.24) is 15.5 Å². The summed E-state index contributed by atoms with van der Waals surface area (Å²) in [5, 5.41) is 6.76. The predicted molar refractivity (Wildman–Crippen MR) is 105 cm³/mol. The fraction of sp³-hybridized carbons (Fsp3) is 0.250. The fourth-order valence-electron chi connectivity index (χ4n) is 2.84. The molecule has 8 heteroatoms. The van der Waals surface area contributed by atoms with Gasteiger partial charge >= 0.3 is 0 Å². The van der Waals surface area contributed by atoms with Gasteiger partial charge in [0, 0.05) is 16.5 Å². The number of carbonyl (C=O) groups is 1. The summed E-state index contributed by atoms with van der Waals surface area (Å²) in [7, 11) is 0. The molecule has 0 aliphatic carbocycles. The maximum absolute atomic E-state index is 12.1. The highest BCUT2D eigenvalue weighted by Crippen LogP contribution is 2.31. The zero-order valence-electron chi connectivity index (χ0n) is 15.0. The summed E-state index contributed by atoms with van der Waals surface area (Å²) in [6.07, 6.45) is 0.960. The maximum Gasteiger partial charge on any atom is 0.246 e. The lowest BCUT2D eigenvalue weighted by Crippen LogP contribution is -2.23. The Balaban J connectivity index is 1.28. The van der Waals surface area contributed by atoms with Crippen LogP contribution in [0.4, 0.5) is 0 Å². The van der Waals surface area contributed by atoms with Gasteiger partial charge in [0.1, 0.15) is 13.2 Å². The van der Waals surface area contributed by atoms with E-state index in [1.165, 1.54) is 0 Å². The van der Waals surface area contributed by atoms with Crippen LogP contribution in [0.25, 0.3) is 11.4 Å². The van der Waals surface area contributed by atoms with E-state index < -0.39 is 0 Å². The van der Waals surface area contributed by atoms with Crippen molar-refractivity contribution in [2.45, 2.75) is 19.4 Å². The highest BCUT2D eigenvalue weighted by atomic mass is 79.9. The minimum Gasteiger partial charge on any atom is -0.486 e. The van der Waals surface area contributed by atoms with Gasteiger partial charge in [-0.3, -0.25) is 4.79 Å². The molecule has 2 aromatic carbocycles. The number of aromatic nitrogens is 2. The second-order valence-electron chi connectivity index (χ2n) is 6.28. The Morgan fingerprint density at radius 1 is 1.11 bits per heavy atom. The van der Waals surface area contributed by atoms with Crippen molar-refractivity contribution in [3.05, 3.63) is 58.4 Å². The number of carbonyl (C=O) groups excluding carboxylic acids is 1. The molecule has 28 heavy (non-hydrogen) atoms. The third-order valence-corrected chi connectivity index (χ3v) is 4.73. The summed E-state index contributed by atoms with van der Waals surface area (Å²) in [6, 6.07) is 13.4. The lowest BCUT2D eigenvalue weighted by atomic mass is 10.1. The van der Waals surface area contributed by atoms with Gasteiger partial charge in [0.15, 0.2) is 11.5 Å². The molecule has 1 aromatic heterocycles. The first-order chi connectivity index (χ1) is 13.7. The van der Waals surface area contributed by atoms with Gasteiger partial charge in [-0.2, -0.15) is 4.98 Å². The second kappa shape index (κ2) is 8.43. The quantitative estimate of drug-likeness (QED) is 0.626. The van der Waals surface area contributed by atoms with Gasteiger partial charge < -0.3 is 19.3 Å². The van der Waals surface area contributed by atoms with Gasteiger partial charge in [-0.25, -0.2) is 0 Å². The number of benzene rings is 2. The summed E-state index contributed by atoms with van der Waals surface area (Å²) in [5.41, 5.74) is 1.86. The Morgan fingerprint density at radius 3 is 2.82 bits per heavy atom. The summed E-state index contributed by atoms with van der Waals surface area (Å²) in [4.78, 5) is 16.5. The molecule has 1 aliphatic rings. The Morgan fingerprint density at radius 2 is 1.96 bits per heavy atom. The van der Waals surface area contributed by atoms with Gasteiger partial charge in [0.2, 0.25) is 17.6 Å². The van der Waals surface area contributed by atoms with Gasteiger partial charge in [-0.1, -0.05) is 39.3 Å². The van der Waals surface area contributed by atoms with Crippen LogP contribution in [-0.2, 0) is 17.8 Å². The van der Waals surface area contributed by atoms with Gasteiger partial charge in [-0.05, 0) is 36.2 Å². The summed E-state index contributed by atoms with van der Waals surface area (Å²) in [6.45, 7) is 1.30. The first-order valence-corrected chi connectivity index (χ1v) is 9.70. The topological polar surface area (TPSA) is 86.5 Å². The molecule has 1 N–H and O–H groups in total. The molecule has 7 nitrogen and oxygen atoms in total. The molecule has 144 valence electrons. The Labute approximate surface area is 170 Å². The number of hydrogen-bond acceptors (Lipinski definition) is 6. The monoisotopic (exact) mass is 443 g/mol. The first kappa shape index (κ1) is 18.5. The molecule has 0 fully saturated rings. The molecule has 0 unspecified atom stereocenters. The zero-order valence-corrected chi connectivity index (χ0v) is 16.6. The number of nitrogens with one attached hydrogen (secondary N) is 1. The average Bonchev–Trinajstić information content (AvgIpc) is 3.20. The fourth-order valence-corrected chi connectivity index (χ4v) is 3.23. The minimum absolute atomic E-state index is 0.0860. The summed E-state index contributed by atoms with van der Waals surface area (Å²) < 4.78 is 17.2. The lowest BCUT2D eigenvalue weighted by molar-refractivity contribution is -0.121. The molecule has 0 radical (unpaired) electrons. The average molecular weight is 444 g/mol. The van der Waals surface area contributed by atoms with Crippen molar-refractivity contribution in [3.63, 3.8) is 0 Å². The highest BCUT2D eigenvalue weighted by molar-refractivity contribution is 9.10. The SMILES string of the molecule is O=C(CCc1ccc2c(c1)OCCO2)NCc1nc(-c2cccc(Br)c2)no1. The van der Waals surface area contributed by atoms with Crippen molar-refractivity contribution < 1.29 is 18.8 Å². The number of aryl methyl sites for hydroxylation is 1. The molecular weight excluding hydrogens is 426 g/mol. The molecule has 0 spiro atoms. The molecular formula is C20H18BrN3O4. The largest absolute Gasteiger partial charge is 0.486 e. The molecule has 3 aromatic rings. The molecule has 1 aliphatic heterocycles. The molecule has 1 amide bonds. The van der Waals surface area contributed by atoms with Crippen LogP contribution in [0.3, 0.4) is 0 Å². The second-order valence-corrected chi connectivity index (χ2v) is 7.19. The normalized spacial score (nSPS) is 12.6. The van der Waals surface area contributed by atoms with Crippen LogP contribution in [0, 0.1) is 0 Å². The van der Waals surface area contributed by atoms with E-state index in [0.29, 0.717) is 37.8 Å². The van der Waals surface area contributed by atoms with Crippen LogP contribution in [0.5, 0.6) is 11.5 Å². The van der Waals surface area contributed by atoms with Crippen molar-refractivity contribution in [1.29, 1.82) is 0 Å². The number of nitrogens with zero attached hydrogens (tertiary/aromatic N) is 2. The van der Waals surface area contributed by atoms with E-state index in [2.05, 4.69) is 31.4 Å². The predicted octanol–water partition coefficient (Wildman–Crippen LogP) is 3.52. The molecule has 0 bridgehead atoms. The van der Waals surface area contributed by atoms with Crippen LogP contribution in [0.15, 0.2) is 51.5 Å². The molecule has 0 atom stereocenters. The smallest absolute Gasteiger partial charge is 0.246 e. The Kier molecular flexibility index (Phi) is 5.57.